The van der Waals surface area contributed by atoms with Gasteiger partial charge in [0.05, 0.1) is 11.4 Å². The van der Waals surface area contributed by atoms with Crippen LogP contribution in [0.25, 0.3) is 33.9 Å². The molecular weight excluding hydrogens is 611 g/mol. The van der Waals surface area contributed by atoms with E-state index in [2.05, 4.69) is 0 Å². The highest BCUT2D eigenvalue weighted by Crippen LogP contribution is 2.42. The van der Waals surface area contributed by atoms with Crippen molar-refractivity contribution in [3.63, 3.8) is 0 Å². The number of hydrogen-bond acceptors (Lipinski definition) is 2. The normalized spacial score (nSPS) is 11.5. The largest absolute Gasteiger partial charge is 0.277 e. The average Bonchev–Trinajstić information content (AvgIpc) is 3.22. The van der Waals surface area contributed by atoms with E-state index in [1.165, 1.54) is 0 Å². The summed E-state index contributed by atoms with van der Waals surface area (Å²) in [7, 11) is 0. The minimum atomic E-state index is -0.718. The van der Waals surface area contributed by atoms with Crippen LogP contribution in [-0.2, 0) is 0 Å². The van der Waals surface area contributed by atoms with Crippen molar-refractivity contribution >= 4 is 34.8 Å². The standard InChI is InChI=1S/C37H23Cl3N2O2/c38-24-13-11-23(12-14-24)33(34-29-7-3-1-5-9-31(29)41(36(34)43)27-19-15-25(39)16-20-27)35-30-8-4-2-6-10-32(30)42(37(35)44)28-21-17-26(40)18-22-28/h1-22,33H. The smallest absolute Gasteiger partial charge is 0.260 e. The van der Waals surface area contributed by atoms with Crippen LogP contribution in [0.2, 0.25) is 15.1 Å². The molecule has 44 heavy (non-hydrogen) atoms. The molecule has 0 unspecified atom stereocenters. The van der Waals surface area contributed by atoms with Crippen molar-refractivity contribution in [2.75, 3.05) is 0 Å². The molecule has 0 saturated heterocycles. The van der Waals surface area contributed by atoms with E-state index < -0.39 is 5.92 Å². The first-order chi connectivity index (χ1) is 21.4. The van der Waals surface area contributed by atoms with E-state index in [9.17, 15) is 9.59 Å². The molecule has 4 nitrogen and oxygen atoms in total. The summed E-state index contributed by atoms with van der Waals surface area (Å²) in [6.45, 7) is 0. The topological polar surface area (TPSA) is 44.0 Å². The fourth-order valence-electron chi connectivity index (χ4n) is 6.00. The number of benzene rings is 3. The van der Waals surface area contributed by atoms with E-state index in [1.807, 2.05) is 97.1 Å². The number of rotatable bonds is 5. The van der Waals surface area contributed by atoms with Gasteiger partial charge in [-0.2, -0.15) is 0 Å². The third-order valence-corrected chi connectivity index (χ3v) is 8.67. The zero-order valence-electron chi connectivity index (χ0n) is 23.1. The minimum Gasteiger partial charge on any atom is -0.277 e. The van der Waals surface area contributed by atoms with Crippen molar-refractivity contribution in [1.82, 2.24) is 9.13 Å². The molecule has 0 saturated carbocycles. The van der Waals surface area contributed by atoms with Gasteiger partial charge in [-0.1, -0.05) is 95.5 Å². The lowest BCUT2D eigenvalue weighted by molar-refractivity contribution is 0.921. The van der Waals surface area contributed by atoms with E-state index in [0.29, 0.717) is 37.6 Å². The lowest BCUT2D eigenvalue weighted by atomic mass is 9.83. The maximum Gasteiger partial charge on any atom is 0.260 e. The Balaban J connectivity index is 1.60. The quantitative estimate of drug-likeness (QED) is 0.190. The second-order valence-electron chi connectivity index (χ2n) is 10.5. The molecule has 0 radical (unpaired) electrons. The number of aromatic nitrogens is 2. The van der Waals surface area contributed by atoms with E-state index in [0.717, 1.165) is 28.1 Å². The van der Waals surface area contributed by atoms with E-state index in [-0.39, 0.29) is 11.1 Å². The first-order valence-electron chi connectivity index (χ1n) is 14.0. The number of hydrogen-bond donors (Lipinski definition) is 0. The molecule has 214 valence electrons. The Morgan fingerprint density at radius 3 is 1.20 bits per heavy atom. The molecule has 0 fully saturated rings. The number of halogens is 3. The molecule has 0 amide bonds. The Kier molecular flexibility index (Phi) is 7.35. The highest BCUT2D eigenvalue weighted by Gasteiger charge is 2.35. The molecule has 0 aromatic heterocycles. The molecule has 2 heterocycles. The zero-order valence-corrected chi connectivity index (χ0v) is 25.4. The molecule has 2 aliphatic heterocycles. The third-order valence-electron chi connectivity index (χ3n) is 7.91. The Hall–Kier alpha value is -4.61. The Labute approximate surface area is 268 Å². The average molecular weight is 634 g/mol. The summed E-state index contributed by atoms with van der Waals surface area (Å²) >= 11 is 18.8. The van der Waals surface area contributed by atoms with Crippen LogP contribution in [0, 0.1) is 0 Å². The molecule has 0 atom stereocenters. The molecule has 7 rings (SSSR count). The third kappa shape index (κ3) is 4.82. The molecule has 0 N–H and O–H groups in total. The first kappa shape index (κ1) is 28.2. The van der Waals surface area contributed by atoms with Crippen LogP contribution in [0.5, 0.6) is 0 Å². The van der Waals surface area contributed by atoms with E-state index >= 15 is 0 Å². The fraction of sp³-hybridized carbons (Fsp3) is 0.0270. The van der Waals surface area contributed by atoms with Crippen LogP contribution in [0.4, 0.5) is 0 Å². The minimum absolute atomic E-state index is 0.222. The second kappa shape index (κ2) is 11.5. The Morgan fingerprint density at radius 2 is 0.795 bits per heavy atom. The number of nitrogens with zero attached hydrogens (tertiary/aromatic N) is 2. The van der Waals surface area contributed by atoms with Gasteiger partial charge in [0.25, 0.3) is 11.1 Å². The summed E-state index contributed by atoms with van der Waals surface area (Å²) in [6.07, 6.45) is 0. The SMILES string of the molecule is O=c1c(C(c2ccc(Cl)cc2)c2c3cccccc-3n(-c3ccc(Cl)cc3)c2=O)c2cccccc-2n1-c1ccc(Cl)cc1. The van der Waals surface area contributed by atoms with Crippen LogP contribution >= 0.6 is 34.8 Å². The first-order valence-corrected chi connectivity index (χ1v) is 15.1. The summed E-state index contributed by atoms with van der Waals surface area (Å²) in [6, 6.07) is 40.8. The van der Waals surface area contributed by atoms with Gasteiger partial charge in [0, 0.05) is 54.6 Å². The molecule has 2 aliphatic carbocycles. The molecule has 3 aromatic rings. The van der Waals surface area contributed by atoms with Crippen LogP contribution in [0.1, 0.15) is 22.6 Å². The summed E-state index contributed by atoms with van der Waals surface area (Å²) in [4.78, 5) is 29.5. The molecule has 0 bridgehead atoms. The highest BCUT2D eigenvalue weighted by atomic mass is 35.5. The van der Waals surface area contributed by atoms with Crippen LogP contribution in [-0.4, -0.2) is 9.13 Å². The van der Waals surface area contributed by atoms with Gasteiger partial charge in [-0.3, -0.25) is 18.7 Å². The predicted molar refractivity (Wildman–Crippen MR) is 180 cm³/mol. The molecule has 0 spiro atoms. The lowest BCUT2D eigenvalue weighted by Crippen LogP contribution is -2.24. The van der Waals surface area contributed by atoms with Gasteiger partial charge >= 0.3 is 0 Å². The zero-order chi connectivity index (χ0) is 30.4. The van der Waals surface area contributed by atoms with Gasteiger partial charge in [-0.05, 0) is 78.4 Å². The Bertz CT molecular complexity index is 2050. The highest BCUT2D eigenvalue weighted by molar-refractivity contribution is 6.31. The maximum absolute atomic E-state index is 14.7. The molecular formula is C37H23Cl3N2O2. The van der Waals surface area contributed by atoms with Crippen molar-refractivity contribution < 1.29 is 0 Å². The number of fused-ring (bicyclic) bond motifs is 2. The van der Waals surface area contributed by atoms with Crippen molar-refractivity contribution in [2.24, 2.45) is 0 Å². The van der Waals surface area contributed by atoms with E-state index in [4.69, 9.17) is 34.8 Å². The molecule has 7 heteroatoms. The summed E-state index contributed by atoms with van der Waals surface area (Å²) in [5.74, 6) is -0.718. The lowest BCUT2D eigenvalue weighted by Gasteiger charge is -2.17. The van der Waals surface area contributed by atoms with Crippen molar-refractivity contribution in [1.29, 1.82) is 0 Å². The summed E-state index contributed by atoms with van der Waals surface area (Å²) in [5.41, 5.74) is 5.58. The van der Waals surface area contributed by atoms with Gasteiger partial charge in [-0.15, -0.1) is 0 Å². The Morgan fingerprint density at radius 1 is 0.432 bits per heavy atom. The fourth-order valence-corrected chi connectivity index (χ4v) is 6.37. The predicted octanol–water partition coefficient (Wildman–Crippen LogP) is 9.34. The van der Waals surface area contributed by atoms with Gasteiger partial charge in [0.2, 0.25) is 0 Å². The van der Waals surface area contributed by atoms with Crippen molar-refractivity contribution in [3.8, 4) is 33.9 Å². The van der Waals surface area contributed by atoms with Gasteiger partial charge in [0.1, 0.15) is 0 Å². The van der Waals surface area contributed by atoms with Crippen LogP contribution in [0.3, 0.4) is 0 Å². The second-order valence-corrected chi connectivity index (χ2v) is 11.8. The van der Waals surface area contributed by atoms with E-state index in [1.54, 1.807) is 45.5 Å². The molecule has 3 aromatic carbocycles. The van der Waals surface area contributed by atoms with Gasteiger partial charge < -0.3 is 0 Å². The monoisotopic (exact) mass is 632 g/mol. The van der Waals surface area contributed by atoms with Crippen molar-refractivity contribution in [3.05, 3.63) is 186 Å². The molecule has 4 aliphatic rings. The summed E-state index contributed by atoms with van der Waals surface area (Å²) < 4.78 is 3.37. The van der Waals surface area contributed by atoms with Gasteiger partial charge in [0.15, 0.2) is 0 Å². The summed E-state index contributed by atoms with van der Waals surface area (Å²) in [5, 5.41) is 1.70. The van der Waals surface area contributed by atoms with Gasteiger partial charge in [-0.25, -0.2) is 0 Å². The van der Waals surface area contributed by atoms with Crippen LogP contribution in [0.15, 0.2) is 143 Å². The maximum atomic E-state index is 14.7. The van der Waals surface area contributed by atoms with Crippen LogP contribution < -0.4 is 11.1 Å². The van der Waals surface area contributed by atoms with Crippen molar-refractivity contribution in [2.45, 2.75) is 5.92 Å².